The third-order valence-corrected chi connectivity index (χ3v) is 6.10. The van der Waals surface area contributed by atoms with Gasteiger partial charge in [0.2, 0.25) is 5.91 Å². The highest BCUT2D eigenvalue weighted by atomic mass is 16.2. The largest absolute Gasteiger partial charge is 0.369 e. The van der Waals surface area contributed by atoms with Gasteiger partial charge in [-0.3, -0.25) is 9.59 Å². The van der Waals surface area contributed by atoms with Crippen molar-refractivity contribution in [2.75, 3.05) is 23.7 Å². The smallest absolute Gasteiger partial charge is 0.255 e. The van der Waals surface area contributed by atoms with Crippen LogP contribution in [0.4, 0.5) is 11.4 Å². The van der Waals surface area contributed by atoms with Gasteiger partial charge in [0.05, 0.1) is 23.3 Å². The van der Waals surface area contributed by atoms with Crippen LogP contribution in [0.2, 0.25) is 0 Å². The molecule has 1 spiro atoms. The third kappa shape index (κ3) is 2.91. The molecule has 0 atom stereocenters. The lowest BCUT2D eigenvalue weighted by Crippen LogP contribution is -2.59. The molecule has 0 saturated carbocycles. The molecule has 0 unspecified atom stereocenters. The molecule has 8 heteroatoms. The first-order chi connectivity index (χ1) is 14.5. The number of nitrogens with zero attached hydrogens (tertiary/aromatic N) is 4. The maximum atomic E-state index is 13.1. The van der Waals surface area contributed by atoms with Crippen molar-refractivity contribution in [1.29, 1.82) is 0 Å². The average molecular weight is 404 g/mol. The Labute approximate surface area is 174 Å². The van der Waals surface area contributed by atoms with E-state index in [-0.39, 0.29) is 17.9 Å². The summed E-state index contributed by atoms with van der Waals surface area (Å²) in [6.45, 7) is 5.14. The highest BCUT2D eigenvalue weighted by Gasteiger charge is 2.45. The van der Waals surface area contributed by atoms with E-state index in [1.54, 1.807) is 23.5 Å². The maximum absolute atomic E-state index is 13.1. The van der Waals surface area contributed by atoms with Crippen molar-refractivity contribution in [1.82, 2.24) is 19.4 Å². The molecule has 3 aromatic rings. The number of likely N-dealkylation sites (tertiary alicyclic amines) is 1. The number of pyridine rings is 1. The summed E-state index contributed by atoms with van der Waals surface area (Å²) in [7, 11) is 0. The lowest BCUT2D eigenvalue weighted by atomic mass is 9.84. The molecule has 2 N–H and O–H groups in total. The maximum Gasteiger partial charge on any atom is 0.255 e. The minimum absolute atomic E-state index is 0.0318. The number of anilines is 2. The summed E-state index contributed by atoms with van der Waals surface area (Å²) >= 11 is 0. The molecular formula is C22H24N6O2. The van der Waals surface area contributed by atoms with E-state index in [0.717, 1.165) is 17.0 Å². The minimum atomic E-state index is -0.677. The Morgan fingerprint density at radius 3 is 2.60 bits per heavy atom. The van der Waals surface area contributed by atoms with Crippen LogP contribution in [0.15, 0.2) is 42.9 Å². The van der Waals surface area contributed by atoms with Crippen LogP contribution >= 0.6 is 0 Å². The standard InChI is InChI=1S/C22H24N6O2/c1-14(2)28-13-24-18-11-15(12-23-19(18)28)20(29)27-9-7-22(8-10-27)21(30)25-16-5-3-4-6-17(16)26-22/h3-6,11-14,26H,7-10H2,1-2H3,(H,25,30). The van der Waals surface area contributed by atoms with E-state index in [1.165, 1.54) is 0 Å². The average Bonchev–Trinajstić information content (AvgIpc) is 3.18. The number of hydrogen-bond acceptors (Lipinski definition) is 5. The topological polar surface area (TPSA) is 92.2 Å². The Hall–Kier alpha value is -3.42. The number of rotatable bonds is 2. The normalized spacial score (nSPS) is 17.7. The van der Waals surface area contributed by atoms with Crippen LogP contribution < -0.4 is 10.6 Å². The van der Waals surface area contributed by atoms with Gasteiger partial charge in [-0.25, -0.2) is 9.97 Å². The monoisotopic (exact) mass is 404 g/mol. The molecule has 2 aromatic heterocycles. The van der Waals surface area contributed by atoms with Crippen molar-refractivity contribution in [2.24, 2.45) is 0 Å². The van der Waals surface area contributed by atoms with E-state index in [2.05, 4.69) is 34.4 Å². The van der Waals surface area contributed by atoms with Crippen molar-refractivity contribution >= 4 is 34.4 Å². The number of carbonyl (C=O) groups is 2. The van der Waals surface area contributed by atoms with Crippen molar-refractivity contribution < 1.29 is 9.59 Å². The zero-order valence-electron chi connectivity index (χ0n) is 17.1. The Kier molecular flexibility index (Phi) is 4.23. The second kappa shape index (κ2) is 6.83. The van der Waals surface area contributed by atoms with Crippen LogP contribution in [0.1, 0.15) is 43.1 Å². The Morgan fingerprint density at radius 2 is 1.87 bits per heavy atom. The van der Waals surface area contributed by atoms with E-state index in [9.17, 15) is 9.59 Å². The van der Waals surface area contributed by atoms with Crippen molar-refractivity contribution in [3.05, 3.63) is 48.4 Å². The van der Waals surface area contributed by atoms with Crippen molar-refractivity contribution in [2.45, 2.75) is 38.3 Å². The molecule has 2 amide bonds. The van der Waals surface area contributed by atoms with E-state index >= 15 is 0 Å². The molecule has 0 aliphatic carbocycles. The first-order valence-electron chi connectivity index (χ1n) is 10.3. The molecular weight excluding hydrogens is 380 g/mol. The number of para-hydroxylation sites is 2. The number of amides is 2. The molecule has 30 heavy (non-hydrogen) atoms. The van der Waals surface area contributed by atoms with Crippen molar-refractivity contribution in [3.8, 4) is 0 Å². The number of hydrogen-bond donors (Lipinski definition) is 2. The van der Waals surface area contributed by atoms with Crippen molar-refractivity contribution in [3.63, 3.8) is 0 Å². The van der Waals surface area contributed by atoms with E-state index in [0.29, 0.717) is 37.0 Å². The Balaban J connectivity index is 1.33. The molecule has 1 aromatic carbocycles. The molecule has 0 bridgehead atoms. The SMILES string of the molecule is CC(C)n1cnc2cc(C(=O)N3CCC4(CC3)Nc3ccccc3NC4=O)cnc21. The molecule has 8 nitrogen and oxygen atoms in total. The van der Waals surface area contributed by atoms with Gasteiger partial charge in [0.15, 0.2) is 5.65 Å². The van der Waals surface area contributed by atoms with Gasteiger partial charge in [-0.15, -0.1) is 0 Å². The van der Waals surface area contributed by atoms with E-state index < -0.39 is 5.54 Å². The fourth-order valence-electron chi connectivity index (χ4n) is 4.30. The van der Waals surface area contributed by atoms with Gasteiger partial charge in [-0.2, -0.15) is 0 Å². The highest BCUT2D eigenvalue weighted by Crippen LogP contribution is 2.36. The lowest BCUT2D eigenvalue weighted by Gasteiger charge is -2.44. The second-order valence-electron chi connectivity index (χ2n) is 8.31. The molecule has 2 aliphatic rings. The lowest BCUT2D eigenvalue weighted by molar-refractivity contribution is -0.122. The molecule has 1 saturated heterocycles. The summed E-state index contributed by atoms with van der Waals surface area (Å²) < 4.78 is 1.99. The van der Waals surface area contributed by atoms with Gasteiger partial charge in [0, 0.05) is 25.3 Å². The van der Waals surface area contributed by atoms with Crippen LogP contribution in [0, 0.1) is 0 Å². The number of carbonyl (C=O) groups excluding carboxylic acids is 2. The quantitative estimate of drug-likeness (QED) is 0.685. The molecule has 5 rings (SSSR count). The summed E-state index contributed by atoms with van der Waals surface area (Å²) in [5.41, 5.74) is 3.07. The van der Waals surface area contributed by atoms with Crippen LogP contribution in [0.3, 0.4) is 0 Å². The fraction of sp³-hybridized carbons (Fsp3) is 0.364. The number of fused-ring (bicyclic) bond motifs is 2. The van der Waals surface area contributed by atoms with Gasteiger partial charge in [-0.1, -0.05) is 12.1 Å². The van der Waals surface area contributed by atoms with Crippen LogP contribution in [0.5, 0.6) is 0 Å². The summed E-state index contributed by atoms with van der Waals surface area (Å²) in [5, 5.41) is 6.43. The van der Waals surface area contributed by atoms with Crippen LogP contribution in [-0.4, -0.2) is 49.9 Å². The zero-order chi connectivity index (χ0) is 20.9. The van der Waals surface area contributed by atoms with Gasteiger partial charge in [0.25, 0.3) is 5.91 Å². The molecule has 0 radical (unpaired) electrons. The molecule has 4 heterocycles. The first kappa shape index (κ1) is 18.6. The predicted molar refractivity (Wildman–Crippen MR) is 114 cm³/mol. The van der Waals surface area contributed by atoms with Gasteiger partial charge >= 0.3 is 0 Å². The third-order valence-electron chi connectivity index (χ3n) is 6.10. The van der Waals surface area contributed by atoms with Gasteiger partial charge in [-0.05, 0) is 44.9 Å². The predicted octanol–water partition coefficient (Wildman–Crippen LogP) is 3.05. The molecule has 1 fully saturated rings. The van der Waals surface area contributed by atoms with Gasteiger partial charge < -0.3 is 20.1 Å². The summed E-state index contributed by atoms with van der Waals surface area (Å²) in [6, 6.07) is 9.74. The molecule has 154 valence electrons. The van der Waals surface area contributed by atoms with Gasteiger partial charge in [0.1, 0.15) is 11.1 Å². The zero-order valence-corrected chi connectivity index (χ0v) is 17.1. The highest BCUT2D eigenvalue weighted by molar-refractivity contribution is 6.06. The number of benzene rings is 1. The number of nitrogens with one attached hydrogen (secondary N) is 2. The fourth-order valence-corrected chi connectivity index (χ4v) is 4.30. The summed E-state index contributed by atoms with van der Waals surface area (Å²) in [5.74, 6) is -0.106. The number of aromatic nitrogens is 3. The Morgan fingerprint density at radius 1 is 1.13 bits per heavy atom. The molecule has 2 aliphatic heterocycles. The van der Waals surface area contributed by atoms with Crippen LogP contribution in [0.25, 0.3) is 11.2 Å². The summed E-state index contributed by atoms with van der Waals surface area (Å²) in [4.78, 5) is 36.5. The van der Waals surface area contributed by atoms with E-state index in [4.69, 9.17) is 0 Å². The summed E-state index contributed by atoms with van der Waals surface area (Å²) in [6.07, 6.45) is 4.48. The van der Waals surface area contributed by atoms with E-state index in [1.807, 2.05) is 28.8 Å². The first-order valence-corrected chi connectivity index (χ1v) is 10.3. The van der Waals surface area contributed by atoms with Crippen LogP contribution in [-0.2, 0) is 4.79 Å². The number of imidazole rings is 1. The minimum Gasteiger partial charge on any atom is -0.369 e. The second-order valence-corrected chi connectivity index (χ2v) is 8.31. The number of piperidine rings is 1. The Bertz CT molecular complexity index is 1140.